The minimum absolute atomic E-state index is 0.264. The van der Waals surface area contributed by atoms with Crippen LogP contribution in [0.5, 0.6) is 0 Å². The number of rotatable bonds is 3. The fraction of sp³-hybridized carbons (Fsp3) is 0.188. The number of hydrogen-bond acceptors (Lipinski definition) is 3. The zero-order chi connectivity index (χ0) is 15.7. The molecule has 1 amide bonds. The average molecular weight is 298 g/mol. The molecule has 0 bridgehead atoms. The van der Waals surface area contributed by atoms with Gasteiger partial charge in [0.15, 0.2) is 11.5 Å². The van der Waals surface area contributed by atoms with Crippen molar-refractivity contribution in [2.24, 2.45) is 0 Å². The van der Waals surface area contributed by atoms with Gasteiger partial charge in [0.25, 0.3) is 5.91 Å². The summed E-state index contributed by atoms with van der Waals surface area (Å²) in [5.41, 5.74) is 1.88. The molecule has 0 aliphatic carbocycles. The zero-order valence-corrected chi connectivity index (χ0v) is 12.3. The summed E-state index contributed by atoms with van der Waals surface area (Å²) < 4.78 is 15.2. The van der Waals surface area contributed by atoms with E-state index in [9.17, 15) is 9.18 Å². The quantitative estimate of drug-likeness (QED) is 0.808. The molecular formula is C16H15FN4O. The number of amides is 1. The van der Waals surface area contributed by atoms with Crippen LogP contribution in [0.2, 0.25) is 0 Å². The number of carbonyl (C=O) groups excluding carboxylic acids is 1. The number of pyridine rings is 1. The molecule has 0 aliphatic rings. The highest BCUT2D eigenvalue weighted by Crippen LogP contribution is 2.17. The van der Waals surface area contributed by atoms with Crippen molar-refractivity contribution in [2.75, 3.05) is 5.32 Å². The van der Waals surface area contributed by atoms with Crippen LogP contribution in [0.3, 0.4) is 0 Å². The SMILES string of the molecule is CCc1nc2c(NC(=O)c3ccc(C)c(F)c3)cccn2n1. The van der Waals surface area contributed by atoms with Gasteiger partial charge >= 0.3 is 0 Å². The van der Waals surface area contributed by atoms with Gasteiger partial charge in [-0.15, -0.1) is 0 Å². The molecule has 0 saturated carbocycles. The number of nitrogens with zero attached hydrogens (tertiary/aromatic N) is 3. The highest BCUT2D eigenvalue weighted by Gasteiger charge is 2.12. The van der Waals surface area contributed by atoms with Crippen LogP contribution in [-0.4, -0.2) is 20.5 Å². The zero-order valence-electron chi connectivity index (χ0n) is 12.3. The largest absolute Gasteiger partial charge is 0.319 e. The van der Waals surface area contributed by atoms with Crippen LogP contribution in [-0.2, 0) is 6.42 Å². The molecule has 2 aromatic heterocycles. The van der Waals surface area contributed by atoms with Gasteiger partial charge in [0, 0.05) is 18.2 Å². The number of aromatic nitrogens is 3. The van der Waals surface area contributed by atoms with E-state index in [1.54, 1.807) is 41.9 Å². The highest BCUT2D eigenvalue weighted by molar-refractivity contribution is 6.05. The number of hydrogen-bond donors (Lipinski definition) is 1. The van der Waals surface area contributed by atoms with Crippen LogP contribution in [0, 0.1) is 12.7 Å². The Balaban J connectivity index is 1.93. The first-order chi connectivity index (χ1) is 10.6. The Hall–Kier alpha value is -2.76. The minimum atomic E-state index is -0.401. The molecule has 3 rings (SSSR count). The van der Waals surface area contributed by atoms with Crippen LogP contribution in [0.4, 0.5) is 10.1 Å². The molecule has 1 aromatic carbocycles. The van der Waals surface area contributed by atoms with Crippen LogP contribution in [0.1, 0.15) is 28.7 Å². The van der Waals surface area contributed by atoms with E-state index in [0.29, 0.717) is 29.1 Å². The summed E-state index contributed by atoms with van der Waals surface area (Å²) >= 11 is 0. The highest BCUT2D eigenvalue weighted by atomic mass is 19.1. The van der Waals surface area contributed by atoms with Gasteiger partial charge in [-0.1, -0.05) is 13.0 Å². The summed E-state index contributed by atoms with van der Waals surface area (Å²) in [7, 11) is 0. The van der Waals surface area contributed by atoms with E-state index in [0.717, 1.165) is 0 Å². The van der Waals surface area contributed by atoms with Gasteiger partial charge in [-0.25, -0.2) is 13.9 Å². The molecule has 6 heteroatoms. The Labute approximate surface area is 126 Å². The second kappa shape index (κ2) is 5.55. The first-order valence-corrected chi connectivity index (χ1v) is 7.00. The third-order valence-corrected chi connectivity index (χ3v) is 3.40. The monoisotopic (exact) mass is 298 g/mol. The van der Waals surface area contributed by atoms with Gasteiger partial charge in [0.1, 0.15) is 5.82 Å². The maximum Gasteiger partial charge on any atom is 0.255 e. The third kappa shape index (κ3) is 2.55. The van der Waals surface area contributed by atoms with Crippen molar-refractivity contribution in [3.05, 3.63) is 59.3 Å². The Kier molecular flexibility index (Phi) is 3.58. The maximum atomic E-state index is 13.6. The number of anilines is 1. The molecule has 5 nitrogen and oxygen atoms in total. The Morgan fingerprint density at radius 2 is 2.18 bits per heavy atom. The lowest BCUT2D eigenvalue weighted by molar-refractivity contribution is 0.102. The molecular weight excluding hydrogens is 283 g/mol. The molecule has 2 heterocycles. The molecule has 0 fully saturated rings. The van der Waals surface area contributed by atoms with Crippen LogP contribution < -0.4 is 5.32 Å². The normalized spacial score (nSPS) is 10.9. The predicted molar refractivity (Wildman–Crippen MR) is 81.5 cm³/mol. The van der Waals surface area contributed by atoms with E-state index < -0.39 is 5.82 Å². The van der Waals surface area contributed by atoms with Crippen molar-refractivity contribution in [3.63, 3.8) is 0 Å². The number of fused-ring (bicyclic) bond motifs is 1. The van der Waals surface area contributed by atoms with Crippen molar-refractivity contribution < 1.29 is 9.18 Å². The van der Waals surface area contributed by atoms with E-state index in [4.69, 9.17) is 0 Å². The molecule has 22 heavy (non-hydrogen) atoms. The summed E-state index contributed by atoms with van der Waals surface area (Å²) in [5.74, 6) is -0.0854. The molecule has 0 aliphatic heterocycles. The smallest absolute Gasteiger partial charge is 0.255 e. The topological polar surface area (TPSA) is 59.3 Å². The number of carbonyl (C=O) groups is 1. The summed E-state index contributed by atoms with van der Waals surface area (Å²) in [4.78, 5) is 16.6. The fourth-order valence-corrected chi connectivity index (χ4v) is 2.13. The van der Waals surface area contributed by atoms with Gasteiger partial charge in [0.05, 0.1) is 5.69 Å². The Morgan fingerprint density at radius 3 is 2.91 bits per heavy atom. The van der Waals surface area contributed by atoms with Gasteiger partial charge in [-0.05, 0) is 36.8 Å². The minimum Gasteiger partial charge on any atom is -0.319 e. The van der Waals surface area contributed by atoms with Crippen LogP contribution in [0.15, 0.2) is 36.5 Å². The van der Waals surface area contributed by atoms with E-state index in [1.807, 2.05) is 6.92 Å². The first-order valence-electron chi connectivity index (χ1n) is 7.00. The van der Waals surface area contributed by atoms with Crippen LogP contribution >= 0.6 is 0 Å². The van der Waals surface area contributed by atoms with E-state index in [-0.39, 0.29) is 11.5 Å². The predicted octanol–water partition coefficient (Wildman–Crippen LogP) is 2.99. The molecule has 0 spiro atoms. The lowest BCUT2D eigenvalue weighted by atomic mass is 10.1. The maximum absolute atomic E-state index is 13.6. The van der Waals surface area contributed by atoms with Crippen molar-refractivity contribution in [1.82, 2.24) is 14.6 Å². The molecule has 1 N–H and O–H groups in total. The standard InChI is InChI=1S/C16H15FN4O/c1-3-14-19-15-13(5-4-8-21(15)20-14)18-16(22)11-7-6-10(2)12(17)9-11/h4-9H,3H2,1-2H3,(H,18,22). The van der Waals surface area contributed by atoms with Gasteiger partial charge in [-0.3, -0.25) is 4.79 Å². The van der Waals surface area contributed by atoms with Gasteiger partial charge in [-0.2, -0.15) is 5.10 Å². The second-order valence-corrected chi connectivity index (χ2v) is 4.99. The lowest BCUT2D eigenvalue weighted by Crippen LogP contribution is -2.13. The van der Waals surface area contributed by atoms with Crippen molar-refractivity contribution in [2.45, 2.75) is 20.3 Å². The van der Waals surface area contributed by atoms with Crippen molar-refractivity contribution in [1.29, 1.82) is 0 Å². The second-order valence-electron chi connectivity index (χ2n) is 4.99. The van der Waals surface area contributed by atoms with Crippen LogP contribution in [0.25, 0.3) is 5.65 Å². The molecule has 0 radical (unpaired) electrons. The average Bonchev–Trinajstić information content (AvgIpc) is 2.94. The fourth-order valence-electron chi connectivity index (χ4n) is 2.13. The number of nitrogens with one attached hydrogen (secondary N) is 1. The molecule has 0 atom stereocenters. The third-order valence-electron chi connectivity index (χ3n) is 3.40. The summed E-state index contributed by atoms with van der Waals surface area (Å²) in [6.45, 7) is 3.61. The van der Waals surface area contributed by atoms with Crippen molar-refractivity contribution in [3.8, 4) is 0 Å². The summed E-state index contributed by atoms with van der Waals surface area (Å²) in [6, 6.07) is 7.91. The number of benzene rings is 1. The van der Waals surface area contributed by atoms with Gasteiger partial charge in [0.2, 0.25) is 0 Å². The Morgan fingerprint density at radius 1 is 1.36 bits per heavy atom. The molecule has 112 valence electrons. The molecule has 3 aromatic rings. The summed E-state index contributed by atoms with van der Waals surface area (Å²) in [5, 5.41) is 7.05. The van der Waals surface area contributed by atoms with E-state index in [2.05, 4.69) is 15.4 Å². The summed E-state index contributed by atoms with van der Waals surface area (Å²) in [6.07, 6.45) is 2.47. The van der Waals surface area contributed by atoms with Crippen molar-refractivity contribution >= 4 is 17.2 Å². The molecule has 0 unspecified atom stereocenters. The van der Waals surface area contributed by atoms with E-state index >= 15 is 0 Å². The van der Waals surface area contributed by atoms with E-state index in [1.165, 1.54) is 6.07 Å². The number of aryl methyl sites for hydroxylation is 2. The molecule has 0 saturated heterocycles. The lowest BCUT2D eigenvalue weighted by Gasteiger charge is -2.06. The Bertz CT molecular complexity index is 856. The number of halogens is 1. The van der Waals surface area contributed by atoms with Gasteiger partial charge < -0.3 is 5.32 Å². The first kappa shape index (κ1) is 14.2.